The van der Waals surface area contributed by atoms with Crippen LogP contribution < -0.4 is 15.5 Å². The molecule has 0 bridgehead atoms. The molecule has 0 unspecified atom stereocenters. The molecule has 0 aromatic heterocycles. The van der Waals surface area contributed by atoms with E-state index in [2.05, 4.69) is 39.5 Å². The van der Waals surface area contributed by atoms with Crippen LogP contribution in [0, 0.1) is 11.6 Å². The third kappa shape index (κ3) is 5.74. The summed E-state index contributed by atoms with van der Waals surface area (Å²) in [6.07, 6.45) is 0.884. The lowest BCUT2D eigenvalue weighted by atomic mass is 10.1. The Hall–Kier alpha value is -3.29. The van der Waals surface area contributed by atoms with Crippen molar-refractivity contribution in [2.24, 2.45) is 0 Å². The number of rotatable bonds is 8. The summed E-state index contributed by atoms with van der Waals surface area (Å²) in [5, 5.41) is 6.45. The number of amides is 1. The minimum absolute atomic E-state index is 0.146. The highest BCUT2D eigenvalue weighted by Crippen LogP contribution is 2.41. The first-order chi connectivity index (χ1) is 17.5. The maximum Gasteiger partial charge on any atom is 0.255 e. The monoisotopic (exact) mass is 490 g/mol. The Kier molecular flexibility index (Phi) is 7.30. The second-order valence-electron chi connectivity index (χ2n) is 9.63. The second-order valence-corrected chi connectivity index (χ2v) is 9.63. The smallest absolute Gasteiger partial charge is 0.255 e. The van der Waals surface area contributed by atoms with Crippen LogP contribution in [0.25, 0.3) is 0 Å². The normalized spacial score (nSPS) is 19.8. The lowest BCUT2D eigenvalue weighted by Gasteiger charge is -2.35. The van der Waals surface area contributed by atoms with E-state index in [1.807, 2.05) is 36.4 Å². The zero-order valence-corrected chi connectivity index (χ0v) is 20.5. The van der Waals surface area contributed by atoms with Crippen molar-refractivity contribution in [3.8, 4) is 0 Å². The maximum absolute atomic E-state index is 13.5. The number of likely N-dealkylation sites (N-methyl/N-ethyl adjacent to an activating group) is 1. The lowest BCUT2D eigenvalue weighted by Crippen LogP contribution is -2.46. The average Bonchev–Trinajstić information content (AvgIpc) is 3.69. The van der Waals surface area contributed by atoms with Crippen LogP contribution in [0.2, 0.25) is 0 Å². The van der Waals surface area contributed by atoms with E-state index in [-0.39, 0.29) is 17.9 Å². The number of nitrogens with zero attached hydrogens (tertiary/aromatic N) is 2. The van der Waals surface area contributed by atoms with Crippen molar-refractivity contribution in [3.05, 3.63) is 95.1 Å². The molecule has 1 saturated heterocycles. The molecule has 2 N–H and O–H groups in total. The first-order valence-electron chi connectivity index (χ1n) is 12.7. The Bertz CT molecular complexity index is 1210. The SMILES string of the molecule is CCN1CCN(c2ccc(NC(=O)c3cccc(CN[C@@H]4C[C@H]4c4ccc(F)c(F)c4)c3)cc2)CC1. The van der Waals surface area contributed by atoms with Crippen LogP contribution in [0.5, 0.6) is 0 Å². The fourth-order valence-electron chi connectivity index (χ4n) is 4.88. The predicted molar refractivity (Wildman–Crippen MR) is 140 cm³/mol. The van der Waals surface area contributed by atoms with Crippen molar-refractivity contribution in [3.63, 3.8) is 0 Å². The van der Waals surface area contributed by atoms with Gasteiger partial charge in [-0.3, -0.25) is 4.79 Å². The van der Waals surface area contributed by atoms with Gasteiger partial charge in [-0.1, -0.05) is 25.1 Å². The van der Waals surface area contributed by atoms with E-state index >= 15 is 0 Å². The van der Waals surface area contributed by atoms with E-state index in [4.69, 9.17) is 0 Å². The van der Waals surface area contributed by atoms with Gasteiger partial charge in [-0.25, -0.2) is 8.78 Å². The molecular formula is C29H32F2N4O. The third-order valence-corrected chi connectivity index (χ3v) is 7.23. The number of hydrogen-bond donors (Lipinski definition) is 2. The van der Waals surface area contributed by atoms with Gasteiger partial charge in [0.2, 0.25) is 0 Å². The van der Waals surface area contributed by atoms with Gasteiger partial charge in [0.15, 0.2) is 11.6 Å². The van der Waals surface area contributed by atoms with Gasteiger partial charge in [0.25, 0.3) is 5.91 Å². The fraction of sp³-hybridized carbons (Fsp3) is 0.345. The highest BCUT2D eigenvalue weighted by Gasteiger charge is 2.38. The van der Waals surface area contributed by atoms with Gasteiger partial charge >= 0.3 is 0 Å². The highest BCUT2D eigenvalue weighted by molar-refractivity contribution is 6.04. The number of carbonyl (C=O) groups is 1. The standard InChI is InChI=1S/C29H32F2N4O/c1-2-34-12-14-35(15-13-34)24-9-7-23(8-10-24)33-29(36)22-5-3-4-20(16-22)19-32-28-18-25(28)21-6-11-26(30)27(31)17-21/h3-11,16-17,25,28,32H,2,12-15,18-19H2,1H3,(H,33,36)/t25-,28+/m0/s1. The van der Waals surface area contributed by atoms with Crippen molar-refractivity contribution in [1.82, 2.24) is 10.2 Å². The topological polar surface area (TPSA) is 47.6 Å². The summed E-state index contributed by atoms with van der Waals surface area (Å²) in [5.41, 5.74) is 4.36. The summed E-state index contributed by atoms with van der Waals surface area (Å²) in [6, 6.07) is 19.9. The van der Waals surface area contributed by atoms with Crippen LogP contribution in [-0.4, -0.2) is 49.6 Å². The summed E-state index contributed by atoms with van der Waals surface area (Å²) in [6.45, 7) is 8.08. The molecule has 5 rings (SSSR count). The van der Waals surface area contributed by atoms with Gasteiger partial charge in [0, 0.05) is 61.6 Å². The summed E-state index contributed by atoms with van der Waals surface area (Å²) in [7, 11) is 0. The van der Waals surface area contributed by atoms with Gasteiger partial charge in [0.1, 0.15) is 0 Å². The van der Waals surface area contributed by atoms with Gasteiger partial charge in [0.05, 0.1) is 0 Å². The molecule has 2 fully saturated rings. The number of hydrogen-bond acceptors (Lipinski definition) is 4. The van der Waals surface area contributed by atoms with Gasteiger partial charge < -0.3 is 20.4 Å². The molecule has 1 heterocycles. The summed E-state index contributed by atoms with van der Waals surface area (Å²) in [5.74, 6) is -1.58. The minimum atomic E-state index is -0.819. The molecule has 1 aliphatic heterocycles. The van der Waals surface area contributed by atoms with Crippen molar-refractivity contribution < 1.29 is 13.6 Å². The molecule has 5 nitrogen and oxygen atoms in total. The van der Waals surface area contributed by atoms with Gasteiger partial charge in [-0.2, -0.15) is 0 Å². The molecule has 188 valence electrons. The molecule has 1 amide bonds. The summed E-state index contributed by atoms with van der Waals surface area (Å²) >= 11 is 0. The first kappa shape index (κ1) is 24.4. The number of benzene rings is 3. The molecule has 3 aromatic rings. The van der Waals surface area contributed by atoms with Crippen LogP contribution in [0.3, 0.4) is 0 Å². The Morgan fingerprint density at radius 1 is 0.944 bits per heavy atom. The summed E-state index contributed by atoms with van der Waals surface area (Å²) < 4.78 is 26.7. The molecule has 1 saturated carbocycles. The Labute approximate surface area is 211 Å². The van der Waals surface area contributed by atoms with Gasteiger partial charge in [-0.15, -0.1) is 0 Å². The molecule has 0 radical (unpaired) electrons. The van der Waals surface area contributed by atoms with Crippen molar-refractivity contribution >= 4 is 17.3 Å². The molecule has 3 aromatic carbocycles. The average molecular weight is 491 g/mol. The fourth-order valence-corrected chi connectivity index (χ4v) is 4.88. The van der Waals surface area contributed by atoms with E-state index in [0.29, 0.717) is 12.1 Å². The van der Waals surface area contributed by atoms with E-state index in [1.54, 1.807) is 6.07 Å². The Balaban J connectivity index is 1.13. The van der Waals surface area contributed by atoms with Crippen molar-refractivity contribution in [1.29, 1.82) is 0 Å². The van der Waals surface area contributed by atoms with E-state index < -0.39 is 11.6 Å². The largest absolute Gasteiger partial charge is 0.369 e. The third-order valence-electron chi connectivity index (χ3n) is 7.23. The molecule has 1 aliphatic carbocycles. The molecular weight excluding hydrogens is 458 g/mol. The Morgan fingerprint density at radius 2 is 1.72 bits per heavy atom. The van der Waals surface area contributed by atoms with Crippen molar-refractivity contribution in [2.75, 3.05) is 42.9 Å². The number of nitrogens with one attached hydrogen (secondary N) is 2. The molecule has 36 heavy (non-hydrogen) atoms. The van der Waals surface area contributed by atoms with Crippen molar-refractivity contribution in [2.45, 2.75) is 31.8 Å². The van der Waals surface area contributed by atoms with E-state index in [0.717, 1.165) is 56.0 Å². The van der Waals surface area contributed by atoms with Crippen LogP contribution in [0.4, 0.5) is 20.2 Å². The molecule has 2 atom stereocenters. The zero-order chi connectivity index (χ0) is 25.1. The number of carbonyl (C=O) groups excluding carboxylic acids is 1. The second kappa shape index (κ2) is 10.8. The number of halogens is 2. The minimum Gasteiger partial charge on any atom is -0.369 e. The highest BCUT2D eigenvalue weighted by atomic mass is 19.2. The van der Waals surface area contributed by atoms with E-state index in [1.165, 1.54) is 17.8 Å². The lowest BCUT2D eigenvalue weighted by molar-refractivity contribution is 0.102. The van der Waals surface area contributed by atoms with Crippen LogP contribution >= 0.6 is 0 Å². The van der Waals surface area contributed by atoms with Crippen LogP contribution in [0.15, 0.2) is 66.7 Å². The zero-order valence-electron chi connectivity index (χ0n) is 20.5. The molecule has 7 heteroatoms. The number of anilines is 2. The van der Waals surface area contributed by atoms with Crippen LogP contribution in [-0.2, 0) is 6.54 Å². The quantitative estimate of drug-likeness (QED) is 0.466. The molecule has 2 aliphatic rings. The predicted octanol–water partition coefficient (Wildman–Crippen LogP) is 5.00. The van der Waals surface area contributed by atoms with Gasteiger partial charge in [-0.05, 0) is 72.6 Å². The molecule has 0 spiro atoms. The Morgan fingerprint density at radius 3 is 2.44 bits per heavy atom. The number of piperazine rings is 1. The summed E-state index contributed by atoms with van der Waals surface area (Å²) in [4.78, 5) is 17.7. The van der Waals surface area contributed by atoms with Crippen LogP contribution in [0.1, 0.15) is 40.7 Å². The van der Waals surface area contributed by atoms with E-state index in [9.17, 15) is 13.6 Å². The first-order valence-corrected chi connectivity index (χ1v) is 12.7. The maximum atomic E-state index is 13.5.